The Bertz CT molecular complexity index is 587. The number of ether oxygens (including phenoxy) is 2. The lowest BCUT2D eigenvalue weighted by Crippen LogP contribution is -2.11. The highest BCUT2D eigenvalue weighted by Crippen LogP contribution is 2.19. The fourth-order valence-corrected chi connectivity index (χ4v) is 1.62. The van der Waals surface area contributed by atoms with Crippen LogP contribution < -0.4 is 4.74 Å². The molecule has 0 radical (unpaired) electrons. The minimum Gasteiger partial charge on any atom is -0.479 e. The third kappa shape index (κ3) is 3.76. The lowest BCUT2D eigenvalue weighted by Gasteiger charge is -2.08. The third-order valence-electron chi connectivity index (χ3n) is 2.42. The molecule has 0 amide bonds. The van der Waals surface area contributed by atoms with Crippen LogP contribution in [-0.4, -0.2) is 34.8 Å². The van der Waals surface area contributed by atoms with E-state index in [-0.39, 0.29) is 5.88 Å². The van der Waals surface area contributed by atoms with E-state index in [2.05, 4.69) is 9.97 Å². The monoisotopic (exact) mass is 274 g/mol. The van der Waals surface area contributed by atoms with Crippen LogP contribution >= 0.6 is 0 Å². The van der Waals surface area contributed by atoms with Crippen LogP contribution in [0.15, 0.2) is 36.4 Å². The summed E-state index contributed by atoms with van der Waals surface area (Å²) in [5.74, 6) is -0.369. The average molecular weight is 274 g/mol. The number of aliphatic carboxylic acids is 1. The van der Waals surface area contributed by atoms with E-state index in [0.717, 1.165) is 5.56 Å². The summed E-state index contributed by atoms with van der Waals surface area (Å²) in [6.45, 7) is -0.149. The summed E-state index contributed by atoms with van der Waals surface area (Å²) in [7, 11) is 1.56. The van der Waals surface area contributed by atoms with Crippen LogP contribution in [0, 0.1) is 0 Å². The minimum atomic E-state index is -1.06. The number of carboxylic acid groups (broad SMARTS) is 1. The van der Waals surface area contributed by atoms with Crippen LogP contribution in [-0.2, 0) is 16.1 Å². The highest BCUT2D eigenvalue weighted by Gasteiger charge is 2.09. The molecule has 104 valence electrons. The molecule has 2 aromatic rings. The van der Waals surface area contributed by atoms with E-state index in [1.54, 1.807) is 13.2 Å². The summed E-state index contributed by atoms with van der Waals surface area (Å²) in [5.41, 5.74) is 1.45. The van der Waals surface area contributed by atoms with Gasteiger partial charge in [0.25, 0.3) is 0 Å². The zero-order chi connectivity index (χ0) is 14.4. The molecular weight excluding hydrogens is 260 g/mol. The van der Waals surface area contributed by atoms with E-state index in [1.165, 1.54) is 0 Å². The highest BCUT2D eigenvalue weighted by atomic mass is 16.5. The van der Waals surface area contributed by atoms with Gasteiger partial charge in [-0.25, -0.2) is 9.78 Å². The van der Waals surface area contributed by atoms with Crippen LogP contribution in [0.1, 0.15) is 5.69 Å². The van der Waals surface area contributed by atoms with Crippen molar-refractivity contribution in [3.63, 3.8) is 0 Å². The quantitative estimate of drug-likeness (QED) is 0.864. The number of methoxy groups -OCH3 is 1. The summed E-state index contributed by atoms with van der Waals surface area (Å²) in [6.07, 6.45) is 0. The number of rotatable bonds is 6. The molecule has 6 nitrogen and oxygen atoms in total. The summed E-state index contributed by atoms with van der Waals surface area (Å²) in [6, 6.07) is 10.9. The smallest absolute Gasteiger partial charge is 0.341 e. The Morgan fingerprint density at radius 1 is 1.25 bits per heavy atom. The predicted octanol–water partition coefficient (Wildman–Crippen LogP) is 1.75. The van der Waals surface area contributed by atoms with E-state index in [4.69, 9.17) is 14.6 Å². The molecule has 1 aromatic heterocycles. The van der Waals surface area contributed by atoms with Crippen LogP contribution in [0.3, 0.4) is 0 Å². The molecule has 1 heterocycles. The summed E-state index contributed by atoms with van der Waals surface area (Å²) < 4.78 is 10.1. The molecule has 0 aliphatic carbocycles. The number of hydrogen-bond acceptors (Lipinski definition) is 5. The number of hydrogen-bond donors (Lipinski definition) is 1. The van der Waals surface area contributed by atoms with Crippen molar-refractivity contribution in [1.82, 2.24) is 9.97 Å². The number of carboxylic acids is 1. The molecule has 6 heteroatoms. The fraction of sp³-hybridized carbons (Fsp3) is 0.214. The molecule has 0 saturated heterocycles. The number of aromatic nitrogens is 2. The minimum absolute atomic E-state index is 0.216. The molecule has 0 aliphatic rings. The van der Waals surface area contributed by atoms with Gasteiger partial charge in [0.15, 0.2) is 12.4 Å². The van der Waals surface area contributed by atoms with Crippen molar-refractivity contribution in [2.75, 3.05) is 13.7 Å². The molecule has 2 rings (SSSR count). The molecule has 0 fully saturated rings. The van der Waals surface area contributed by atoms with Gasteiger partial charge in [0.05, 0.1) is 12.3 Å². The lowest BCUT2D eigenvalue weighted by atomic mass is 10.2. The van der Waals surface area contributed by atoms with E-state index in [1.807, 2.05) is 30.3 Å². The molecule has 0 spiro atoms. The predicted molar refractivity (Wildman–Crippen MR) is 71.3 cm³/mol. The lowest BCUT2D eigenvalue weighted by molar-refractivity contribution is -0.139. The Labute approximate surface area is 116 Å². The van der Waals surface area contributed by atoms with Crippen molar-refractivity contribution < 1.29 is 19.4 Å². The van der Waals surface area contributed by atoms with Gasteiger partial charge in [-0.2, -0.15) is 4.98 Å². The van der Waals surface area contributed by atoms with E-state index in [0.29, 0.717) is 18.1 Å². The van der Waals surface area contributed by atoms with Crippen molar-refractivity contribution in [1.29, 1.82) is 0 Å². The normalized spacial score (nSPS) is 10.2. The standard InChI is InChI=1S/C14H14N2O4/c1-19-8-11-7-12(20-9-13(17)18)16-14(15-11)10-5-3-2-4-6-10/h2-7H,8-9H2,1H3,(H,17,18). The number of benzene rings is 1. The molecular formula is C14H14N2O4. The van der Waals surface area contributed by atoms with Gasteiger partial charge in [-0.15, -0.1) is 0 Å². The first-order valence-electron chi connectivity index (χ1n) is 5.96. The first-order valence-corrected chi connectivity index (χ1v) is 5.96. The molecule has 0 bridgehead atoms. The zero-order valence-corrected chi connectivity index (χ0v) is 10.9. The molecule has 0 saturated carbocycles. The van der Waals surface area contributed by atoms with E-state index in [9.17, 15) is 4.79 Å². The van der Waals surface area contributed by atoms with Gasteiger partial charge in [0.2, 0.25) is 5.88 Å². The second kappa shape index (κ2) is 6.63. The highest BCUT2D eigenvalue weighted by molar-refractivity contribution is 5.68. The summed E-state index contributed by atoms with van der Waals surface area (Å²) in [5, 5.41) is 8.64. The van der Waals surface area contributed by atoms with Gasteiger partial charge in [-0.3, -0.25) is 0 Å². The number of nitrogens with zero attached hydrogens (tertiary/aromatic N) is 2. The van der Waals surface area contributed by atoms with E-state index >= 15 is 0 Å². The van der Waals surface area contributed by atoms with Crippen molar-refractivity contribution in [3.8, 4) is 17.3 Å². The topological polar surface area (TPSA) is 81.5 Å². The van der Waals surface area contributed by atoms with Gasteiger partial charge in [0, 0.05) is 18.7 Å². The number of carbonyl (C=O) groups is 1. The van der Waals surface area contributed by atoms with Gasteiger partial charge in [0.1, 0.15) is 0 Å². The van der Waals surface area contributed by atoms with Crippen molar-refractivity contribution in [2.24, 2.45) is 0 Å². The second-order valence-corrected chi connectivity index (χ2v) is 4.00. The molecule has 0 unspecified atom stereocenters. The fourth-order valence-electron chi connectivity index (χ4n) is 1.62. The van der Waals surface area contributed by atoms with Gasteiger partial charge in [-0.1, -0.05) is 30.3 Å². The Kier molecular flexibility index (Phi) is 4.62. The second-order valence-electron chi connectivity index (χ2n) is 4.00. The van der Waals surface area contributed by atoms with Gasteiger partial charge < -0.3 is 14.6 Å². The molecule has 0 atom stereocenters. The molecule has 1 N–H and O–H groups in total. The van der Waals surface area contributed by atoms with E-state index < -0.39 is 12.6 Å². The molecule has 1 aromatic carbocycles. The maximum absolute atomic E-state index is 10.5. The van der Waals surface area contributed by atoms with Crippen molar-refractivity contribution in [2.45, 2.75) is 6.61 Å². The third-order valence-corrected chi connectivity index (χ3v) is 2.42. The summed E-state index contributed by atoms with van der Waals surface area (Å²) in [4.78, 5) is 19.1. The van der Waals surface area contributed by atoms with Crippen LogP contribution in [0.2, 0.25) is 0 Å². The Morgan fingerprint density at radius 2 is 2.00 bits per heavy atom. The molecule has 0 aliphatic heterocycles. The Morgan fingerprint density at radius 3 is 2.65 bits per heavy atom. The zero-order valence-electron chi connectivity index (χ0n) is 10.9. The van der Waals surface area contributed by atoms with Gasteiger partial charge >= 0.3 is 5.97 Å². The maximum Gasteiger partial charge on any atom is 0.341 e. The maximum atomic E-state index is 10.5. The van der Waals surface area contributed by atoms with Crippen LogP contribution in [0.5, 0.6) is 5.88 Å². The first kappa shape index (κ1) is 14.0. The Balaban J connectivity index is 2.33. The largest absolute Gasteiger partial charge is 0.479 e. The van der Waals surface area contributed by atoms with Crippen LogP contribution in [0.25, 0.3) is 11.4 Å². The summed E-state index contributed by atoms with van der Waals surface area (Å²) >= 11 is 0. The molecule has 20 heavy (non-hydrogen) atoms. The van der Waals surface area contributed by atoms with Gasteiger partial charge in [-0.05, 0) is 0 Å². The van der Waals surface area contributed by atoms with Crippen LogP contribution in [0.4, 0.5) is 0 Å². The Hall–Kier alpha value is -2.47. The SMILES string of the molecule is COCc1cc(OCC(=O)O)nc(-c2ccccc2)n1. The van der Waals surface area contributed by atoms with Crippen molar-refractivity contribution >= 4 is 5.97 Å². The average Bonchev–Trinajstić information content (AvgIpc) is 2.46. The van der Waals surface area contributed by atoms with Crippen molar-refractivity contribution in [3.05, 3.63) is 42.1 Å². The first-order chi connectivity index (χ1) is 9.69.